The summed E-state index contributed by atoms with van der Waals surface area (Å²) in [4.78, 5) is 21.3. The van der Waals surface area contributed by atoms with E-state index in [9.17, 15) is 4.79 Å². The molecule has 0 saturated carbocycles. The van der Waals surface area contributed by atoms with Crippen LogP contribution in [-0.2, 0) is 24.2 Å². The minimum absolute atomic E-state index is 0.0372. The van der Waals surface area contributed by atoms with Crippen LogP contribution in [0.2, 0.25) is 0 Å². The van der Waals surface area contributed by atoms with Crippen LogP contribution in [-0.4, -0.2) is 46.1 Å². The van der Waals surface area contributed by atoms with Crippen LogP contribution in [0, 0.1) is 17.7 Å². The van der Waals surface area contributed by atoms with Gasteiger partial charge in [-0.15, -0.1) is 0 Å². The zero-order valence-electron chi connectivity index (χ0n) is 24.6. The molecule has 4 N–H and O–H groups in total. The lowest BCUT2D eigenvalue weighted by atomic mass is 10.1. The number of carbonyl (C=O) groups is 1. The second kappa shape index (κ2) is 15.7. The minimum Gasteiger partial charge on any atom is -0.497 e. The standard InChI is InChI=1S/C26H29N5O2.C9H9N/c1-33-23-13-10-21(11-14-23)19-31(24(27)15-12-20-7-3-2-4-8-20)25(28)18-30-26(32)17-22-9-5-6-16-29-22;1-7-6-10-9-5-3-2-4-8(7)9/h2-11,13-14,16,27-28H,12,15,17-19H2,1H3,(H,30,32);2-6,10H,1H3. The quantitative estimate of drug-likeness (QED) is 0.115. The number of fused-ring (bicyclic) bond motifs is 1. The van der Waals surface area contributed by atoms with E-state index in [0.717, 1.165) is 16.9 Å². The Balaban J connectivity index is 0.000000353. The first kappa shape index (κ1) is 30.7. The van der Waals surface area contributed by atoms with Gasteiger partial charge in [-0.2, -0.15) is 0 Å². The zero-order valence-corrected chi connectivity index (χ0v) is 24.6. The Morgan fingerprint density at radius 1 is 0.884 bits per heavy atom. The lowest BCUT2D eigenvalue weighted by Crippen LogP contribution is -2.43. The van der Waals surface area contributed by atoms with Gasteiger partial charge in [-0.25, -0.2) is 0 Å². The van der Waals surface area contributed by atoms with E-state index in [-0.39, 0.29) is 24.7 Å². The zero-order chi connectivity index (χ0) is 30.4. The molecular weight excluding hydrogens is 536 g/mol. The molecule has 0 fully saturated rings. The van der Waals surface area contributed by atoms with Crippen molar-refractivity contribution in [3.8, 4) is 5.75 Å². The number of amidine groups is 2. The molecule has 220 valence electrons. The van der Waals surface area contributed by atoms with Crippen LogP contribution in [0.15, 0.2) is 109 Å². The van der Waals surface area contributed by atoms with Crippen molar-refractivity contribution in [3.63, 3.8) is 0 Å². The highest BCUT2D eigenvalue weighted by atomic mass is 16.5. The molecule has 0 aliphatic heterocycles. The van der Waals surface area contributed by atoms with E-state index in [1.807, 2.05) is 72.9 Å². The van der Waals surface area contributed by atoms with Gasteiger partial charge in [-0.05, 0) is 60.4 Å². The Kier molecular flexibility index (Phi) is 11.2. The fourth-order valence-corrected chi connectivity index (χ4v) is 4.53. The number of para-hydroxylation sites is 1. The van der Waals surface area contributed by atoms with Gasteiger partial charge >= 0.3 is 0 Å². The minimum atomic E-state index is -0.210. The summed E-state index contributed by atoms with van der Waals surface area (Å²) >= 11 is 0. The number of benzene rings is 3. The van der Waals surface area contributed by atoms with Gasteiger partial charge in [-0.1, -0.05) is 66.7 Å². The Morgan fingerprint density at radius 3 is 2.30 bits per heavy atom. The number of amides is 1. The second-order valence-corrected chi connectivity index (χ2v) is 10.1. The van der Waals surface area contributed by atoms with E-state index in [0.29, 0.717) is 30.9 Å². The van der Waals surface area contributed by atoms with Gasteiger partial charge < -0.3 is 19.9 Å². The summed E-state index contributed by atoms with van der Waals surface area (Å²) in [5.74, 6) is 1.04. The van der Waals surface area contributed by atoms with Gasteiger partial charge in [0.25, 0.3) is 0 Å². The molecule has 0 atom stereocenters. The van der Waals surface area contributed by atoms with Gasteiger partial charge in [0.1, 0.15) is 17.4 Å². The van der Waals surface area contributed by atoms with Crippen LogP contribution in [0.3, 0.4) is 0 Å². The summed E-state index contributed by atoms with van der Waals surface area (Å²) in [5.41, 5.74) is 5.30. The van der Waals surface area contributed by atoms with Crippen LogP contribution in [0.25, 0.3) is 10.9 Å². The predicted octanol–water partition coefficient (Wildman–Crippen LogP) is 6.31. The molecule has 2 heterocycles. The summed E-state index contributed by atoms with van der Waals surface area (Å²) < 4.78 is 5.22. The van der Waals surface area contributed by atoms with Crippen molar-refractivity contribution >= 4 is 28.5 Å². The molecule has 3 aromatic carbocycles. The SMILES string of the molecule is COc1ccc(CN(C(=N)CCc2ccccc2)C(=N)CNC(=O)Cc2ccccn2)cc1.Cc1c[nH]c2ccccc12. The number of aromatic nitrogens is 2. The first-order valence-electron chi connectivity index (χ1n) is 14.2. The molecule has 0 radical (unpaired) electrons. The molecule has 0 unspecified atom stereocenters. The maximum atomic E-state index is 12.3. The number of aromatic amines is 1. The largest absolute Gasteiger partial charge is 0.497 e. The van der Waals surface area contributed by atoms with Crippen LogP contribution in [0.5, 0.6) is 5.75 Å². The van der Waals surface area contributed by atoms with Crippen LogP contribution >= 0.6 is 0 Å². The molecule has 43 heavy (non-hydrogen) atoms. The molecule has 1 amide bonds. The third-order valence-corrected chi connectivity index (χ3v) is 6.96. The van der Waals surface area contributed by atoms with E-state index in [2.05, 4.69) is 40.4 Å². The van der Waals surface area contributed by atoms with E-state index in [1.54, 1.807) is 30.3 Å². The summed E-state index contributed by atoms with van der Waals surface area (Å²) in [6, 6.07) is 31.3. The first-order valence-corrected chi connectivity index (χ1v) is 14.2. The Labute approximate surface area is 252 Å². The van der Waals surface area contributed by atoms with Crippen molar-refractivity contribution in [2.24, 2.45) is 0 Å². The van der Waals surface area contributed by atoms with E-state index >= 15 is 0 Å². The molecule has 0 saturated heterocycles. The Hall–Kier alpha value is -5.24. The van der Waals surface area contributed by atoms with Crippen molar-refractivity contribution in [1.82, 2.24) is 20.2 Å². The molecule has 0 spiro atoms. The van der Waals surface area contributed by atoms with Crippen LogP contribution in [0.4, 0.5) is 0 Å². The number of hydrogen-bond donors (Lipinski definition) is 4. The highest BCUT2D eigenvalue weighted by Crippen LogP contribution is 2.16. The van der Waals surface area contributed by atoms with Crippen LogP contribution < -0.4 is 10.1 Å². The number of aryl methyl sites for hydroxylation is 2. The second-order valence-electron chi connectivity index (χ2n) is 10.1. The number of nitrogens with one attached hydrogen (secondary N) is 4. The fraction of sp³-hybridized carbons (Fsp3) is 0.200. The molecule has 8 nitrogen and oxygen atoms in total. The van der Waals surface area contributed by atoms with Crippen molar-refractivity contribution in [2.75, 3.05) is 13.7 Å². The molecule has 0 aliphatic rings. The van der Waals surface area contributed by atoms with Crippen molar-refractivity contribution < 1.29 is 9.53 Å². The van der Waals surface area contributed by atoms with E-state index < -0.39 is 0 Å². The monoisotopic (exact) mass is 574 g/mol. The number of ether oxygens (including phenoxy) is 1. The smallest absolute Gasteiger partial charge is 0.226 e. The number of carbonyl (C=O) groups excluding carboxylic acids is 1. The molecule has 5 rings (SSSR count). The number of hydrogen-bond acceptors (Lipinski definition) is 5. The number of rotatable bonds is 10. The van der Waals surface area contributed by atoms with E-state index in [4.69, 9.17) is 15.6 Å². The lowest BCUT2D eigenvalue weighted by molar-refractivity contribution is -0.120. The van der Waals surface area contributed by atoms with Crippen molar-refractivity contribution in [1.29, 1.82) is 10.8 Å². The molecule has 0 bridgehead atoms. The number of nitrogens with zero attached hydrogens (tertiary/aromatic N) is 2. The number of methoxy groups -OCH3 is 1. The normalized spacial score (nSPS) is 10.4. The summed E-state index contributed by atoms with van der Waals surface area (Å²) in [6.07, 6.45) is 5.03. The molecule has 2 aromatic heterocycles. The van der Waals surface area contributed by atoms with Crippen LogP contribution in [0.1, 0.15) is 28.8 Å². The highest BCUT2D eigenvalue weighted by Gasteiger charge is 2.17. The number of pyridine rings is 1. The summed E-state index contributed by atoms with van der Waals surface area (Å²) in [7, 11) is 1.61. The molecule has 0 aliphatic carbocycles. The lowest BCUT2D eigenvalue weighted by Gasteiger charge is -2.26. The summed E-state index contributed by atoms with van der Waals surface area (Å²) in [5, 5.41) is 21.4. The van der Waals surface area contributed by atoms with Crippen molar-refractivity contribution in [3.05, 3.63) is 132 Å². The van der Waals surface area contributed by atoms with Gasteiger partial charge in [0.15, 0.2) is 0 Å². The van der Waals surface area contributed by atoms with E-state index in [1.165, 1.54) is 16.5 Å². The predicted molar refractivity (Wildman–Crippen MR) is 173 cm³/mol. The molecular formula is C35H38N6O2. The van der Waals surface area contributed by atoms with Gasteiger partial charge in [-0.3, -0.25) is 20.6 Å². The molecule has 8 heteroatoms. The third kappa shape index (κ3) is 9.39. The first-order chi connectivity index (χ1) is 20.9. The fourth-order valence-electron chi connectivity index (χ4n) is 4.53. The number of H-pyrrole nitrogens is 1. The topological polar surface area (TPSA) is 118 Å². The maximum absolute atomic E-state index is 12.3. The van der Waals surface area contributed by atoms with Gasteiger partial charge in [0.2, 0.25) is 5.91 Å². The van der Waals surface area contributed by atoms with Gasteiger partial charge in [0, 0.05) is 35.4 Å². The van der Waals surface area contributed by atoms with Crippen molar-refractivity contribution in [2.45, 2.75) is 32.7 Å². The average Bonchev–Trinajstić information content (AvgIpc) is 3.43. The highest BCUT2D eigenvalue weighted by molar-refractivity contribution is 6.00. The Bertz CT molecular complexity index is 1620. The summed E-state index contributed by atoms with van der Waals surface area (Å²) in [6.45, 7) is 2.51. The molecule has 5 aromatic rings. The average molecular weight is 575 g/mol. The van der Waals surface area contributed by atoms with Gasteiger partial charge in [0.05, 0.1) is 26.6 Å². The maximum Gasteiger partial charge on any atom is 0.226 e. The third-order valence-electron chi connectivity index (χ3n) is 6.96. The Morgan fingerprint density at radius 2 is 1.60 bits per heavy atom.